The Hall–Kier alpha value is -1.47. The van der Waals surface area contributed by atoms with Gasteiger partial charge in [-0.1, -0.05) is 4.49 Å². The molecule has 1 heterocycles. The second-order valence-electron chi connectivity index (χ2n) is 2.97. The first-order chi connectivity index (χ1) is 7.66. The fourth-order valence-corrected chi connectivity index (χ4v) is 1.74. The molecule has 0 unspecified atom stereocenters. The van der Waals surface area contributed by atoms with Gasteiger partial charge in [-0.2, -0.15) is 0 Å². The van der Waals surface area contributed by atoms with Gasteiger partial charge in [0, 0.05) is 15.8 Å². The van der Waals surface area contributed by atoms with Crippen LogP contribution in [0.1, 0.15) is 9.67 Å². The number of rotatable bonds is 2. The topological polar surface area (TPSA) is 80.9 Å². The number of halogens is 1. The number of nitrogens with two attached hydrogens (primary N) is 1. The van der Waals surface area contributed by atoms with E-state index in [1.807, 2.05) is 0 Å². The number of amides is 1. The Balaban J connectivity index is 2.15. The molecule has 2 aromatic rings. The van der Waals surface area contributed by atoms with Gasteiger partial charge in [-0.3, -0.25) is 4.79 Å². The summed E-state index contributed by atoms with van der Waals surface area (Å²) in [4.78, 5) is 12.1. The number of carbonyl (C=O) groups excluding carboxylic acids is 1. The molecule has 1 aromatic carbocycles. The number of carbonyl (C=O) groups is 1. The van der Waals surface area contributed by atoms with Crippen molar-refractivity contribution in [3.63, 3.8) is 0 Å². The van der Waals surface area contributed by atoms with Crippen LogP contribution in [0.2, 0.25) is 0 Å². The summed E-state index contributed by atoms with van der Waals surface area (Å²) < 4.78 is 4.41. The minimum atomic E-state index is -0.239. The molecule has 1 aromatic heterocycles. The number of nitrogens with one attached hydrogen (secondary N) is 1. The van der Waals surface area contributed by atoms with Gasteiger partial charge >= 0.3 is 0 Å². The maximum absolute atomic E-state index is 11.6. The van der Waals surface area contributed by atoms with Crippen molar-refractivity contribution in [1.82, 2.24) is 9.59 Å². The highest BCUT2D eigenvalue weighted by Gasteiger charge is 2.09. The molecule has 0 saturated heterocycles. The third kappa shape index (κ3) is 2.37. The van der Waals surface area contributed by atoms with Gasteiger partial charge in [-0.15, -0.1) is 5.10 Å². The van der Waals surface area contributed by atoms with E-state index in [-0.39, 0.29) is 5.91 Å². The fourth-order valence-electron chi connectivity index (χ4n) is 1.08. The Morgan fingerprint density at radius 1 is 1.50 bits per heavy atom. The molecule has 0 bridgehead atoms. The zero-order valence-corrected chi connectivity index (χ0v) is 10.4. The normalized spacial score (nSPS) is 10.1. The Morgan fingerprint density at radius 2 is 2.31 bits per heavy atom. The van der Waals surface area contributed by atoms with Gasteiger partial charge in [0.05, 0.1) is 6.20 Å². The number of aromatic nitrogens is 2. The van der Waals surface area contributed by atoms with Crippen molar-refractivity contribution in [3.8, 4) is 0 Å². The third-order valence-corrected chi connectivity index (χ3v) is 3.22. The number of nitrogens with zero attached hydrogens (tertiary/aromatic N) is 2. The van der Waals surface area contributed by atoms with Crippen LogP contribution in [0.25, 0.3) is 0 Å². The van der Waals surface area contributed by atoms with Gasteiger partial charge in [0.1, 0.15) is 4.88 Å². The van der Waals surface area contributed by atoms with Crippen LogP contribution >= 0.6 is 27.5 Å². The lowest BCUT2D eigenvalue weighted by atomic mass is 10.3. The highest BCUT2D eigenvalue weighted by atomic mass is 79.9. The molecule has 0 atom stereocenters. The van der Waals surface area contributed by atoms with E-state index < -0.39 is 0 Å². The van der Waals surface area contributed by atoms with E-state index in [1.165, 1.54) is 6.20 Å². The van der Waals surface area contributed by atoms with Gasteiger partial charge in [0.15, 0.2) is 0 Å². The summed E-state index contributed by atoms with van der Waals surface area (Å²) in [6.45, 7) is 0. The zero-order valence-electron chi connectivity index (χ0n) is 7.98. The largest absolute Gasteiger partial charge is 0.398 e. The van der Waals surface area contributed by atoms with Crippen molar-refractivity contribution in [2.24, 2.45) is 0 Å². The van der Waals surface area contributed by atoms with Crippen LogP contribution < -0.4 is 11.1 Å². The Bertz CT molecular complexity index is 514. The molecule has 0 aliphatic heterocycles. The number of hydrogen-bond donors (Lipinski definition) is 2. The van der Waals surface area contributed by atoms with E-state index in [0.29, 0.717) is 16.3 Å². The van der Waals surface area contributed by atoms with Crippen LogP contribution in [0.5, 0.6) is 0 Å². The second kappa shape index (κ2) is 4.58. The molecule has 5 nitrogen and oxygen atoms in total. The van der Waals surface area contributed by atoms with E-state index in [9.17, 15) is 4.79 Å². The van der Waals surface area contributed by atoms with Crippen molar-refractivity contribution < 1.29 is 4.79 Å². The highest BCUT2D eigenvalue weighted by molar-refractivity contribution is 9.10. The maximum Gasteiger partial charge on any atom is 0.269 e. The predicted octanol–water partition coefficient (Wildman–Crippen LogP) is 2.14. The van der Waals surface area contributed by atoms with Crippen molar-refractivity contribution in [1.29, 1.82) is 0 Å². The van der Waals surface area contributed by atoms with Crippen molar-refractivity contribution >= 4 is 44.7 Å². The molecule has 1 amide bonds. The Labute approximate surface area is 104 Å². The van der Waals surface area contributed by atoms with Crippen LogP contribution in [-0.2, 0) is 0 Å². The lowest BCUT2D eigenvalue weighted by Gasteiger charge is -2.04. The first-order valence-corrected chi connectivity index (χ1v) is 5.87. The Morgan fingerprint density at radius 3 is 2.94 bits per heavy atom. The zero-order chi connectivity index (χ0) is 11.5. The van der Waals surface area contributed by atoms with Gasteiger partial charge in [0.25, 0.3) is 5.91 Å². The molecule has 0 radical (unpaired) electrons. The van der Waals surface area contributed by atoms with Crippen molar-refractivity contribution in [3.05, 3.63) is 33.7 Å². The molecule has 2 rings (SSSR count). The van der Waals surface area contributed by atoms with E-state index in [1.54, 1.807) is 18.2 Å². The number of anilines is 2. The summed E-state index contributed by atoms with van der Waals surface area (Å²) in [5.41, 5.74) is 6.90. The monoisotopic (exact) mass is 298 g/mol. The third-order valence-electron chi connectivity index (χ3n) is 1.84. The molecule has 0 saturated carbocycles. The number of benzene rings is 1. The SMILES string of the molecule is Nc1cc(NC(=O)c2cnns2)ccc1Br. The van der Waals surface area contributed by atoms with Gasteiger partial charge in [-0.05, 0) is 45.7 Å². The molecule has 7 heteroatoms. The van der Waals surface area contributed by atoms with Gasteiger partial charge in [-0.25, -0.2) is 0 Å². The summed E-state index contributed by atoms with van der Waals surface area (Å²) in [7, 11) is 0. The molecule has 0 spiro atoms. The van der Waals surface area contributed by atoms with Crippen molar-refractivity contribution in [2.75, 3.05) is 11.1 Å². The molecular formula is C9H7BrN4OS. The number of hydrogen-bond acceptors (Lipinski definition) is 5. The van der Waals surface area contributed by atoms with Crippen LogP contribution in [0, 0.1) is 0 Å². The summed E-state index contributed by atoms with van der Waals surface area (Å²) in [5.74, 6) is -0.239. The van der Waals surface area contributed by atoms with Crippen molar-refractivity contribution in [2.45, 2.75) is 0 Å². The summed E-state index contributed by atoms with van der Waals surface area (Å²) in [6, 6.07) is 5.21. The number of nitrogen functional groups attached to an aromatic ring is 1. The minimum Gasteiger partial charge on any atom is -0.398 e. The fraction of sp³-hybridized carbons (Fsp3) is 0. The van der Waals surface area contributed by atoms with E-state index in [4.69, 9.17) is 5.73 Å². The molecular weight excluding hydrogens is 292 g/mol. The van der Waals surface area contributed by atoms with Crippen LogP contribution in [-0.4, -0.2) is 15.5 Å². The van der Waals surface area contributed by atoms with Gasteiger partial charge in [0.2, 0.25) is 0 Å². The second-order valence-corrected chi connectivity index (χ2v) is 4.61. The van der Waals surface area contributed by atoms with Crippen LogP contribution in [0.3, 0.4) is 0 Å². The average Bonchev–Trinajstić information content (AvgIpc) is 2.77. The molecule has 82 valence electrons. The predicted molar refractivity (Wildman–Crippen MR) is 66.4 cm³/mol. The summed E-state index contributed by atoms with van der Waals surface area (Å²) in [6.07, 6.45) is 1.42. The lowest BCUT2D eigenvalue weighted by molar-refractivity contribution is 0.103. The van der Waals surface area contributed by atoms with E-state index in [2.05, 4.69) is 30.8 Å². The first kappa shape index (κ1) is 11.0. The van der Waals surface area contributed by atoms with E-state index >= 15 is 0 Å². The Kier molecular flexibility index (Phi) is 3.16. The smallest absolute Gasteiger partial charge is 0.269 e. The molecule has 3 N–H and O–H groups in total. The molecule has 16 heavy (non-hydrogen) atoms. The summed E-state index contributed by atoms with van der Waals surface area (Å²) in [5, 5.41) is 6.30. The molecule has 0 aliphatic carbocycles. The lowest BCUT2D eigenvalue weighted by Crippen LogP contribution is -2.10. The molecule has 0 aliphatic rings. The average molecular weight is 299 g/mol. The first-order valence-electron chi connectivity index (χ1n) is 4.30. The van der Waals surface area contributed by atoms with Crippen LogP contribution in [0.15, 0.2) is 28.9 Å². The van der Waals surface area contributed by atoms with Crippen LogP contribution in [0.4, 0.5) is 11.4 Å². The standard InChI is InChI=1S/C9H7BrN4OS/c10-6-2-1-5(3-7(6)11)13-9(15)8-4-12-14-16-8/h1-4H,11H2,(H,13,15). The molecule has 0 fully saturated rings. The maximum atomic E-state index is 11.6. The summed E-state index contributed by atoms with van der Waals surface area (Å²) >= 11 is 4.32. The highest BCUT2D eigenvalue weighted by Crippen LogP contribution is 2.23. The van der Waals surface area contributed by atoms with E-state index in [0.717, 1.165) is 16.0 Å². The quantitative estimate of drug-likeness (QED) is 0.832. The van der Waals surface area contributed by atoms with Gasteiger partial charge < -0.3 is 11.1 Å². The minimum absolute atomic E-state index is 0.239.